The SMILES string of the molecule is CCOc1ccc(C(=O)CCC(=O)NC(c2ccccc2)c2ccco2)cc1. The molecule has 0 aliphatic rings. The number of hydrogen-bond acceptors (Lipinski definition) is 4. The van der Waals surface area contributed by atoms with Crippen molar-refractivity contribution >= 4 is 11.7 Å². The molecule has 0 saturated carbocycles. The molecule has 1 amide bonds. The molecule has 0 saturated heterocycles. The monoisotopic (exact) mass is 377 g/mol. The summed E-state index contributed by atoms with van der Waals surface area (Å²) in [5.74, 6) is 1.09. The summed E-state index contributed by atoms with van der Waals surface area (Å²) >= 11 is 0. The van der Waals surface area contributed by atoms with Gasteiger partial charge < -0.3 is 14.5 Å². The Morgan fingerprint density at radius 2 is 1.71 bits per heavy atom. The number of hydrogen-bond donors (Lipinski definition) is 1. The third-order valence-electron chi connectivity index (χ3n) is 4.33. The van der Waals surface area contributed by atoms with Gasteiger partial charge in [0.2, 0.25) is 5.91 Å². The Bertz CT molecular complexity index is 886. The molecule has 0 spiro atoms. The molecule has 2 aromatic carbocycles. The summed E-state index contributed by atoms with van der Waals surface area (Å²) in [5, 5.41) is 2.96. The van der Waals surface area contributed by atoms with Crippen LogP contribution in [-0.2, 0) is 4.79 Å². The minimum Gasteiger partial charge on any atom is -0.494 e. The average Bonchev–Trinajstić information content (AvgIpc) is 3.26. The van der Waals surface area contributed by atoms with Crippen molar-refractivity contribution in [1.29, 1.82) is 0 Å². The van der Waals surface area contributed by atoms with Crippen LogP contribution in [0.15, 0.2) is 77.4 Å². The minimum atomic E-state index is -0.385. The second kappa shape index (κ2) is 9.55. The van der Waals surface area contributed by atoms with Crippen LogP contribution in [0.5, 0.6) is 5.75 Å². The summed E-state index contributed by atoms with van der Waals surface area (Å²) in [6.45, 7) is 2.48. The van der Waals surface area contributed by atoms with Crippen molar-refractivity contribution in [2.24, 2.45) is 0 Å². The number of ether oxygens (including phenoxy) is 1. The van der Waals surface area contributed by atoms with Gasteiger partial charge >= 0.3 is 0 Å². The largest absolute Gasteiger partial charge is 0.494 e. The number of amides is 1. The molecule has 5 nitrogen and oxygen atoms in total. The van der Waals surface area contributed by atoms with Crippen LogP contribution in [0.4, 0.5) is 0 Å². The van der Waals surface area contributed by atoms with Crippen LogP contribution >= 0.6 is 0 Å². The zero-order valence-electron chi connectivity index (χ0n) is 15.8. The van der Waals surface area contributed by atoms with E-state index in [2.05, 4.69) is 5.32 Å². The highest BCUT2D eigenvalue weighted by Gasteiger charge is 2.19. The maximum atomic E-state index is 12.5. The number of ketones is 1. The molecular formula is C23H23NO4. The van der Waals surface area contributed by atoms with Gasteiger partial charge in [-0.15, -0.1) is 0 Å². The van der Waals surface area contributed by atoms with E-state index in [4.69, 9.17) is 9.15 Å². The van der Waals surface area contributed by atoms with Crippen LogP contribution in [0, 0.1) is 0 Å². The molecule has 5 heteroatoms. The van der Waals surface area contributed by atoms with Crippen molar-refractivity contribution in [3.63, 3.8) is 0 Å². The predicted molar refractivity (Wildman–Crippen MR) is 106 cm³/mol. The lowest BCUT2D eigenvalue weighted by molar-refractivity contribution is -0.121. The van der Waals surface area contributed by atoms with Crippen molar-refractivity contribution in [2.75, 3.05) is 6.61 Å². The summed E-state index contributed by atoms with van der Waals surface area (Å²) in [7, 11) is 0. The molecule has 1 N–H and O–H groups in total. The van der Waals surface area contributed by atoms with E-state index < -0.39 is 0 Å². The lowest BCUT2D eigenvalue weighted by Crippen LogP contribution is -2.29. The quantitative estimate of drug-likeness (QED) is 0.556. The van der Waals surface area contributed by atoms with E-state index in [1.807, 2.05) is 43.3 Å². The van der Waals surface area contributed by atoms with Crippen LogP contribution in [-0.4, -0.2) is 18.3 Å². The number of rotatable bonds is 9. The molecule has 28 heavy (non-hydrogen) atoms. The summed E-state index contributed by atoms with van der Waals surface area (Å²) in [5.41, 5.74) is 1.49. The topological polar surface area (TPSA) is 68.5 Å². The van der Waals surface area contributed by atoms with Crippen molar-refractivity contribution in [3.05, 3.63) is 89.9 Å². The van der Waals surface area contributed by atoms with E-state index >= 15 is 0 Å². The molecule has 1 heterocycles. The minimum absolute atomic E-state index is 0.0764. The van der Waals surface area contributed by atoms with Gasteiger partial charge in [-0.3, -0.25) is 9.59 Å². The molecule has 0 fully saturated rings. The first-order chi connectivity index (χ1) is 13.7. The number of benzene rings is 2. The third-order valence-corrected chi connectivity index (χ3v) is 4.33. The van der Waals surface area contributed by atoms with Gasteiger partial charge in [0.05, 0.1) is 12.9 Å². The highest BCUT2D eigenvalue weighted by molar-refractivity contribution is 5.98. The first-order valence-electron chi connectivity index (χ1n) is 9.31. The molecular weight excluding hydrogens is 354 g/mol. The predicted octanol–water partition coefficient (Wildman–Crippen LogP) is 4.55. The van der Waals surface area contributed by atoms with Crippen LogP contribution in [0.3, 0.4) is 0 Å². The Labute approximate surface area is 164 Å². The van der Waals surface area contributed by atoms with Gasteiger partial charge in [0.15, 0.2) is 5.78 Å². The van der Waals surface area contributed by atoms with Gasteiger partial charge in [-0.25, -0.2) is 0 Å². The Morgan fingerprint density at radius 3 is 2.36 bits per heavy atom. The van der Waals surface area contributed by atoms with Crippen LogP contribution < -0.4 is 10.1 Å². The van der Waals surface area contributed by atoms with E-state index in [9.17, 15) is 9.59 Å². The fourth-order valence-corrected chi connectivity index (χ4v) is 2.93. The number of furan rings is 1. The number of Topliss-reactive ketones (excluding diaryl/α,β-unsaturated/α-hetero) is 1. The van der Waals surface area contributed by atoms with Gasteiger partial charge in [-0.05, 0) is 48.9 Å². The zero-order chi connectivity index (χ0) is 19.8. The van der Waals surface area contributed by atoms with Crippen molar-refractivity contribution in [3.8, 4) is 5.75 Å². The molecule has 1 aromatic heterocycles. The molecule has 1 unspecified atom stereocenters. The van der Waals surface area contributed by atoms with Gasteiger partial charge in [-0.1, -0.05) is 30.3 Å². The Kier molecular flexibility index (Phi) is 6.63. The standard InChI is InChI=1S/C23H23NO4/c1-2-27-19-12-10-17(11-13-19)20(25)14-15-22(26)24-23(21-9-6-16-28-21)18-7-4-3-5-8-18/h3-13,16,23H,2,14-15H2,1H3,(H,24,26). The molecule has 3 rings (SSSR count). The third kappa shape index (κ3) is 5.10. The summed E-state index contributed by atoms with van der Waals surface area (Å²) in [6.07, 6.45) is 1.82. The van der Waals surface area contributed by atoms with Crippen molar-refractivity contribution in [2.45, 2.75) is 25.8 Å². The number of carbonyl (C=O) groups excluding carboxylic acids is 2. The summed E-state index contributed by atoms with van der Waals surface area (Å²) in [4.78, 5) is 24.8. The van der Waals surface area contributed by atoms with E-state index in [0.29, 0.717) is 17.9 Å². The van der Waals surface area contributed by atoms with Crippen molar-refractivity contribution < 1.29 is 18.7 Å². The van der Waals surface area contributed by atoms with Crippen LogP contribution in [0.1, 0.15) is 47.5 Å². The normalized spacial score (nSPS) is 11.6. The maximum absolute atomic E-state index is 12.5. The molecule has 0 aliphatic carbocycles. The second-order valence-corrected chi connectivity index (χ2v) is 6.31. The first-order valence-corrected chi connectivity index (χ1v) is 9.31. The highest BCUT2D eigenvalue weighted by Crippen LogP contribution is 2.22. The van der Waals surface area contributed by atoms with E-state index in [0.717, 1.165) is 11.3 Å². The van der Waals surface area contributed by atoms with Crippen LogP contribution in [0.25, 0.3) is 0 Å². The van der Waals surface area contributed by atoms with Gasteiger partial charge in [0, 0.05) is 18.4 Å². The highest BCUT2D eigenvalue weighted by atomic mass is 16.5. The first kappa shape index (κ1) is 19.4. The molecule has 1 atom stereocenters. The molecule has 144 valence electrons. The summed E-state index contributed by atoms with van der Waals surface area (Å²) < 4.78 is 10.9. The molecule has 0 radical (unpaired) electrons. The van der Waals surface area contributed by atoms with Crippen LogP contribution in [0.2, 0.25) is 0 Å². The van der Waals surface area contributed by atoms with Crippen molar-refractivity contribution in [1.82, 2.24) is 5.32 Å². The average molecular weight is 377 g/mol. The zero-order valence-corrected chi connectivity index (χ0v) is 15.8. The van der Waals surface area contributed by atoms with Gasteiger partial charge in [0.25, 0.3) is 0 Å². The van der Waals surface area contributed by atoms with Gasteiger partial charge in [0.1, 0.15) is 17.6 Å². The fourth-order valence-electron chi connectivity index (χ4n) is 2.93. The molecule has 3 aromatic rings. The molecule has 0 aliphatic heterocycles. The van der Waals surface area contributed by atoms with E-state index in [-0.39, 0.29) is 30.6 Å². The Balaban J connectivity index is 1.59. The van der Waals surface area contributed by atoms with Gasteiger partial charge in [-0.2, -0.15) is 0 Å². The summed E-state index contributed by atoms with van der Waals surface area (Å²) in [6, 6.07) is 19.8. The van der Waals surface area contributed by atoms with E-state index in [1.165, 1.54) is 0 Å². The number of carbonyl (C=O) groups is 2. The lowest BCUT2D eigenvalue weighted by atomic mass is 10.0. The second-order valence-electron chi connectivity index (χ2n) is 6.31. The Hall–Kier alpha value is -3.34. The fraction of sp³-hybridized carbons (Fsp3) is 0.217. The number of nitrogens with one attached hydrogen (secondary N) is 1. The maximum Gasteiger partial charge on any atom is 0.221 e. The lowest BCUT2D eigenvalue weighted by Gasteiger charge is -2.17. The Morgan fingerprint density at radius 1 is 0.964 bits per heavy atom. The molecule has 0 bridgehead atoms. The van der Waals surface area contributed by atoms with E-state index in [1.54, 1.807) is 36.6 Å². The smallest absolute Gasteiger partial charge is 0.221 e.